The number of nitrogens with zero attached hydrogens (tertiary/aromatic N) is 1. The quantitative estimate of drug-likeness (QED) is 0.0212. The van der Waals surface area contributed by atoms with Crippen molar-refractivity contribution in [1.29, 1.82) is 0 Å². The standard InChI is InChI=1S/C72H133N2O7P/c1-7-10-13-16-19-22-25-28-30-32-34-36-37-39-40-42-44-46-49-52-55-58-61-64-71(75)73-69(68-80-82(77,78)79-67-66-74(4,5)6)70(63-60-57-54-51-48-27-24-21-18-15-12-9-3)81-72(76)65-62-59-56-53-50-47-45-43-41-38-35-33-31-29-26-23-20-17-14-11-8-2/h11,14,20,23,29,31,35,38,43,45,60,63,69-70H,7-10,12-13,15-19,21-22,24-28,30,32-34,36-37,39-42,44,46-59,61-62,64-68H2,1-6H3,(H-,73,75,77,78)/b14-11-,23-20-,31-29-,38-35-,45-43-,63-60+. The van der Waals surface area contributed by atoms with Crippen LogP contribution in [0.15, 0.2) is 72.9 Å². The SMILES string of the molecule is CC/C=C\C/C=C\C/C=C\C/C=C\C/C=C\CCCCCCCC(=O)OC(/C=C/CCCCCCCCCCCC)C(COP(=O)([O-])OCC[N+](C)(C)C)NC(=O)CCCCCCCCCCCCCCCCCCCCCCCCC. The van der Waals surface area contributed by atoms with Crippen LogP contribution >= 0.6 is 7.82 Å². The van der Waals surface area contributed by atoms with Gasteiger partial charge in [-0.1, -0.05) is 306 Å². The van der Waals surface area contributed by atoms with Crippen molar-refractivity contribution < 1.29 is 37.3 Å². The molecule has 9 nitrogen and oxygen atoms in total. The van der Waals surface area contributed by atoms with E-state index in [4.69, 9.17) is 13.8 Å². The molecule has 478 valence electrons. The lowest BCUT2D eigenvalue weighted by atomic mass is 10.0. The Kier molecular flexibility index (Phi) is 59.6. The van der Waals surface area contributed by atoms with Crippen molar-refractivity contribution in [3.05, 3.63) is 72.9 Å². The van der Waals surface area contributed by atoms with Gasteiger partial charge in [0.2, 0.25) is 5.91 Å². The Balaban J connectivity index is 5.12. The average molecular weight is 1170 g/mol. The second kappa shape index (κ2) is 61.5. The van der Waals surface area contributed by atoms with Crippen LogP contribution in [0.2, 0.25) is 0 Å². The Hall–Kier alpha value is -2.55. The first-order valence-corrected chi connectivity index (χ1v) is 36.2. The molecule has 1 N–H and O–H groups in total. The van der Waals surface area contributed by atoms with Crippen LogP contribution in [0.25, 0.3) is 0 Å². The first-order chi connectivity index (χ1) is 39.9. The molecule has 1 amide bonds. The molecule has 0 aliphatic rings. The van der Waals surface area contributed by atoms with Gasteiger partial charge in [0.1, 0.15) is 19.3 Å². The van der Waals surface area contributed by atoms with Gasteiger partial charge < -0.3 is 28.5 Å². The molecule has 0 aliphatic heterocycles. The van der Waals surface area contributed by atoms with Crippen LogP contribution in [0.5, 0.6) is 0 Å². The fourth-order valence-corrected chi connectivity index (χ4v) is 10.8. The summed E-state index contributed by atoms with van der Waals surface area (Å²) in [4.78, 5) is 40.1. The molecule has 0 saturated heterocycles. The van der Waals surface area contributed by atoms with Gasteiger partial charge in [-0.05, 0) is 76.7 Å². The smallest absolute Gasteiger partial charge is 0.306 e. The Morgan fingerprint density at radius 1 is 0.439 bits per heavy atom. The number of amides is 1. The van der Waals surface area contributed by atoms with Gasteiger partial charge in [-0.3, -0.25) is 14.2 Å². The second-order valence-corrected chi connectivity index (χ2v) is 26.1. The lowest BCUT2D eigenvalue weighted by Crippen LogP contribution is -2.47. The van der Waals surface area contributed by atoms with Crippen LogP contribution in [-0.2, 0) is 27.9 Å². The average Bonchev–Trinajstić information content (AvgIpc) is 3.44. The number of ether oxygens (including phenoxy) is 1. The minimum Gasteiger partial charge on any atom is -0.756 e. The van der Waals surface area contributed by atoms with Crippen molar-refractivity contribution in [3.8, 4) is 0 Å². The van der Waals surface area contributed by atoms with Gasteiger partial charge in [0.05, 0.1) is 33.8 Å². The number of allylic oxidation sites excluding steroid dienone is 11. The molecule has 3 unspecified atom stereocenters. The Bertz CT molecular complexity index is 1630. The molecule has 0 spiro atoms. The molecule has 0 aromatic carbocycles. The number of hydrogen-bond acceptors (Lipinski definition) is 7. The predicted octanol–water partition coefficient (Wildman–Crippen LogP) is 21.3. The van der Waals surface area contributed by atoms with E-state index in [1.165, 1.54) is 180 Å². The van der Waals surface area contributed by atoms with E-state index in [1.807, 2.05) is 33.3 Å². The van der Waals surface area contributed by atoms with Crippen LogP contribution in [0.4, 0.5) is 0 Å². The largest absolute Gasteiger partial charge is 0.756 e. The van der Waals surface area contributed by atoms with E-state index in [-0.39, 0.29) is 24.9 Å². The summed E-state index contributed by atoms with van der Waals surface area (Å²) in [7, 11) is 1.18. The van der Waals surface area contributed by atoms with Gasteiger partial charge in [0.15, 0.2) is 0 Å². The fraction of sp³-hybridized carbons (Fsp3) is 0.806. The lowest BCUT2D eigenvalue weighted by molar-refractivity contribution is -0.870. The number of phosphoric ester groups is 1. The van der Waals surface area contributed by atoms with Gasteiger partial charge in [0, 0.05) is 12.8 Å². The summed E-state index contributed by atoms with van der Waals surface area (Å²) < 4.78 is 30.4. The van der Waals surface area contributed by atoms with E-state index >= 15 is 0 Å². The number of hydrogen-bond donors (Lipinski definition) is 1. The molecule has 0 aromatic heterocycles. The van der Waals surface area contributed by atoms with Crippen LogP contribution in [0, 0.1) is 0 Å². The zero-order valence-corrected chi connectivity index (χ0v) is 55.6. The third-order valence-corrected chi connectivity index (χ3v) is 16.4. The number of nitrogens with one attached hydrogen (secondary N) is 1. The highest BCUT2D eigenvalue weighted by Crippen LogP contribution is 2.38. The fourth-order valence-electron chi connectivity index (χ4n) is 10.1. The monoisotopic (exact) mass is 1170 g/mol. The molecule has 0 rings (SSSR count). The van der Waals surface area contributed by atoms with Crippen molar-refractivity contribution in [2.24, 2.45) is 0 Å². The Morgan fingerprint density at radius 2 is 0.780 bits per heavy atom. The van der Waals surface area contributed by atoms with E-state index < -0.39 is 26.6 Å². The molecular weight excluding hydrogens is 1040 g/mol. The summed E-state index contributed by atoms with van der Waals surface area (Å²) in [6, 6.07) is -0.898. The summed E-state index contributed by atoms with van der Waals surface area (Å²) in [5, 5.41) is 3.04. The summed E-state index contributed by atoms with van der Waals surface area (Å²) >= 11 is 0. The molecule has 10 heteroatoms. The zero-order valence-electron chi connectivity index (χ0n) is 54.7. The summed E-state index contributed by atoms with van der Waals surface area (Å²) in [6.45, 7) is 6.75. The van der Waals surface area contributed by atoms with Gasteiger partial charge in [-0.25, -0.2) is 0 Å². The molecule has 82 heavy (non-hydrogen) atoms. The summed E-state index contributed by atoms with van der Waals surface area (Å²) in [6.07, 6.45) is 80.2. The predicted molar refractivity (Wildman–Crippen MR) is 353 cm³/mol. The zero-order chi connectivity index (χ0) is 60.0. The molecule has 0 fully saturated rings. The van der Waals surface area contributed by atoms with E-state index in [2.05, 4.69) is 86.8 Å². The van der Waals surface area contributed by atoms with Gasteiger partial charge >= 0.3 is 5.97 Å². The van der Waals surface area contributed by atoms with Crippen LogP contribution in [-0.4, -0.2) is 69.4 Å². The van der Waals surface area contributed by atoms with Crippen molar-refractivity contribution in [2.45, 2.75) is 335 Å². The van der Waals surface area contributed by atoms with E-state index in [9.17, 15) is 19.0 Å². The highest BCUT2D eigenvalue weighted by molar-refractivity contribution is 7.45. The molecule has 0 heterocycles. The first kappa shape index (κ1) is 79.5. The number of carbonyl (C=O) groups is 2. The summed E-state index contributed by atoms with van der Waals surface area (Å²) in [5.74, 6) is -0.552. The normalized spacial score (nSPS) is 14.0. The maximum absolute atomic E-state index is 13.6. The highest BCUT2D eigenvalue weighted by atomic mass is 31.2. The van der Waals surface area contributed by atoms with Crippen molar-refractivity contribution in [1.82, 2.24) is 5.32 Å². The van der Waals surface area contributed by atoms with Crippen molar-refractivity contribution in [3.63, 3.8) is 0 Å². The minimum absolute atomic E-state index is 0.0264. The maximum Gasteiger partial charge on any atom is 0.306 e. The Labute approximate surface area is 508 Å². The third kappa shape index (κ3) is 62.0. The minimum atomic E-state index is -4.71. The number of unbranched alkanes of at least 4 members (excludes halogenated alkanes) is 37. The molecule has 3 atom stereocenters. The molecule has 0 saturated carbocycles. The van der Waals surface area contributed by atoms with E-state index in [0.717, 1.165) is 103 Å². The highest BCUT2D eigenvalue weighted by Gasteiger charge is 2.27. The number of esters is 1. The Morgan fingerprint density at radius 3 is 1.17 bits per heavy atom. The first-order valence-electron chi connectivity index (χ1n) is 34.7. The molecule has 0 radical (unpaired) electrons. The van der Waals surface area contributed by atoms with Crippen LogP contribution in [0.1, 0.15) is 323 Å². The third-order valence-electron chi connectivity index (χ3n) is 15.4. The topological polar surface area (TPSA) is 114 Å². The lowest BCUT2D eigenvalue weighted by Gasteiger charge is -2.30. The number of carbonyl (C=O) groups excluding carboxylic acids is 2. The van der Waals surface area contributed by atoms with E-state index in [1.54, 1.807) is 0 Å². The molecule has 0 bridgehead atoms. The molecule has 0 aliphatic carbocycles. The van der Waals surface area contributed by atoms with E-state index in [0.29, 0.717) is 23.9 Å². The van der Waals surface area contributed by atoms with Crippen LogP contribution in [0.3, 0.4) is 0 Å². The van der Waals surface area contributed by atoms with Gasteiger partial charge in [-0.2, -0.15) is 0 Å². The number of likely N-dealkylation sites (N-methyl/N-ethyl adjacent to an activating group) is 1. The summed E-state index contributed by atoms with van der Waals surface area (Å²) in [5.41, 5.74) is 0. The van der Waals surface area contributed by atoms with Gasteiger partial charge in [-0.15, -0.1) is 0 Å². The van der Waals surface area contributed by atoms with Crippen molar-refractivity contribution in [2.75, 3.05) is 40.9 Å². The van der Waals surface area contributed by atoms with Crippen LogP contribution < -0.4 is 10.2 Å². The maximum atomic E-state index is 13.6. The number of phosphoric acid groups is 1. The number of rotatable bonds is 63. The van der Waals surface area contributed by atoms with Gasteiger partial charge in [0.25, 0.3) is 7.82 Å². The molecular formula is C72H133N2O7P. The molecule has 0 aromatic rings. The van der Waals surface area contributed by atoms with Crippen molar-refractivity contribution >= 4 is 19.7 Å². The second-order valence-electron chi connectivity index (χ2n) is 24.7. The number of quaternary nitrogens is 1.